The summed E-state index contributed by atoms with van der Waals surface area (Å²) in [7, 11) is -3.62. The van der Waals surface area contributed by atoms with Gasteiger partial charge in [0.15, 0.2) is 5.78 Å². The molecule has 0 spiro atoms. The summed E-state index contributed by atoms with van der Waals surface area (Å²) in [5.74, 6) is -0.0781. The molecule has 166 valence electrons. The highest BCUT2D eigenvalue weighted by Crippen LogP contribution is 2.22. The van der Waals surface area contributed by atoms with Crippen LogP contribution in [0.3, 0.4) is 0 Å². The van der Waals surface area contributed by atoms with Gasteiger partial charge >= 0.3 is 0 Å². The molecule has 0 aromatic heterocycles. The predicted molar refractivity (Wildman–Crippen MR) is 121 cm³/mol. The van der Waals surface area contributed by atoms with Gasteiger partial charge in [0.2, 0.25) is 10.0 Å². The predicted octanol–water partition coefficient (Wildman–Crippen LogP) is 2.88. The molecule has 0 radical (unpaired) electrons. The minimum atomic E-state index is -3.62. The lowest BCUT2D eigenvalue weighted by Crippen LogP contribution is -2.48. The van der Waals surface area contributed by atoms with Crippen LogP contribution in [0.5, 0.6) is 0 Å². The average Bonchev–Trinajstić information content (AvgIpc) is 2.80. The summed E-state index contributed by atoms with van der Waals surface area (Å²) in [5.41, 5.74) is 2.12. The van der Waals surface area contributed by atoms with Crippen molar-refractivity contribution in [2.24, 2.45) is 0 Å². The van der Waals surface area contributed by atoms with Gasteiger partial charge in [-0.3, -0.25) is 9.59 Å². The van der Waals surface area contributed by atoms with E-state index in [1.165, 1.54) is 23.4 Å². The minimum absolute atomic E-state index is 0.0206. The quantitative estimate of drug-likeness (QED) is 0.615. The van der Waals surface area contributed by atoms with Gasteiger partial charge in [0, 0.05) is 56.1 Å². The van der Waals surface area contributed by atoms with E-state index in [0.29, 0.717) is 50.4 Å². The van der Waals surface area contributed by atoms with Crippen LogP contribution in [0, 0.1) is 0 Å². The minimum Gasteiger partial charge on any atom is -0.369 e. The number of benzene rings is 2. The van der Waals surface area contributed by atoms with Crippen molar-refractivity contribution in [3.05, 3.63) is 59.7 Å². The van der Waals surface area contributed by atoms with Crippen molar-refractivity contribution in [1.82, 2.24) is 9.21 Å². The molecule has 0 atom stereocenters. The first-order chi connectivity index (χ1) is 14.8. The van der Waals surface area contributed by atoms with Crippen LogP contribution in [0.2, 0.25) is 0 Å². The molecule has 1 heterocycles. The number of piperazine rings is 1. The Balaban J connectivity index is 1.67. The maximum Gasteiger partial charge on any atom is 0.253 e. The van der Waals surface area contributed by atoms with Crippen LogP contribution in [-0.4, -0.2) is 68.6 Å². The topological polar surface area (TPSA) is 78.0 Å². The molecule has 3 rings (SSSR count). The number of hydrogen-bond acceptors (Lipinski definition) is 5. The molecule has 0 unspecified atom stereocenters. The molecule has 8 heteroatoms. The molecule has 1 fully saturated rings. The van der Waals surface area contributed by atoms with E-state index < -0.39 is 10.0 Å². The molecule has 2 aromatic carbocycles. The van der Waals surface area contributed by atoms with Gasteiger partial charge in [-0.1, -0.05) is 0 Å². The van der Waals surface area contributed by atoms with Crippen molar-refractivity contribution in [3.63, 3.8) is 0 Å². The van der Waals surface area contributed by atoms with Crippen LogP contribution >= 0.6 is 0 Å². The number of ketones is 1. The van der Waals surface area contributed by atoms with E-state index in [9.17, 15) is 18.0 Å². The van der Waals surface area contributed by atoms with Crippen LogP contribution in [0.4, 0.5) is 5.69 Å². The third kappa shape index (κ3) is 4.97. The van der Waals surface area contributed by atoms with E-state index in [4.69, 9.17) is 0 Å². The number of sulfonamides is 1. The molecular formula is C23H29N3O4S. The number of nitrogens with zero attached hydrogens (tertiary/aromatic N) is 3. The van der Waals surface area contributed by atoms with E-state index in [0.717, 1.165) is 5.69 Å². The Morgan fingerprint density at radius 1 is 0.839 bits per heavy atom. The molecule has 1 aliphatic rings. The maximum absolute atomic E-state index is 13.1. The molecular weight excluding hydrogens is 414 g/mol. The summed E-state index contributed by atoms with van der Waals surface area (Å²) in [5, 5.41) is 0. The van der Waals surface area contributed by atoms with E-state index in [1.54, 1.807) is 29.2 Å². The van der Waals surface area contributed by atoms with Crippen molar-refractivity contribution in [2.45, 2.75) is 25.7 Å². The second kappa shape index (κ2) is 9.62. The Hall–Kier alpha value is -2.71. The molecule has 0 N–H and O–H groups in total. The van der Waals surface area contributed by atoms with E-state index in [1.807, 2.05) is 26.0 Å². The van der Waals surface area contributed by atoms with Gasteiger partial charge in [-0.15, -0.1) is 0 Å². The second-order valence-electron chi connectivity index (χ2n) is 7.50. The van der Waals surface area contributed by atoms with Gasteiger partial charge < -0.3 is 9.80 Å². The van der Waals surface area contributed by atoms with Gasteiger partial charge in [-0.25, -0.2) is 8.42 Å². The molecule has 7 nitrogen and oxygen atoms in total. The highest BCUT2D eigenvalue weighted by atomic mass is 32.2. The zero-order valence-electron chi connectivity index (χ0n) is 18.2. The number of amides is 1. The third-order valence-corrected chi connectivity index (χ3v) is 7.58. The first kappa shape index (κ1) is 23.0. The van der Waals surface area contributed by atoms with Gasteiger partial charge in [-0.2, -0.15) is 4.31 Å². The lowest BCUT2D eigenvalue weighted by Gasteiger charge is -2.35. The Labute approximate surface area is 184 Å². The zero-order chi connectivity index (χ0) is 22.6. The van der Waals surface area contributed by atoms with Crippen molar-refractivity contribution in [1.29, 1.82) is 0 Å². The molecule has 0 aliphatic carbocycles. The van der Waals surface area contributed by atoms with Gasteiger partial charge in [-0.05, 0) is 69.3 Å². The summed E-state index contributed by atoms with van der Waals surface area (Å²) in [4.78, 5) is 27.9. The first-order valence-electron chi connectivity index (χ1n) is 10.5. The fraction of sp³-hybridized carbons (Fsp3) is 0.391. The van der Waals surface area contributed by atoms with Gasteiger partial charge in [0.05, 0.1) is 4.90 Å². The Morgan fingerprint density at radius 3 is 1.84 bits per heavy atom. The van der Waals surface area contributed by atoms with Crippen LogP contribution in [-0.2, 0) is 10.0 Å². The lowest BCUT2D eigenvalue weighted by atomic mass is 10.1. The van der Waals surface area contributed by atoms with E-state index in [2.05, 4.69) is 4.90 Å². The number of anilines is 1. The molecule has 0 saturated carbocycles. The van der Waals surface area contributed by atoms with Crippen LogP contribution in [0.15, 0.2) is 53.4 Å². The number of hydrogen-bond donors (Lipinski definition) is 0. The van der Waals surface area contributed by atoms with E-state index >= 15 is 0 Å². The standard InChI is InChI=1S/C23H29N3O4S/c1-4-24(5-2)23(28)20-8-12-22(13-9-20)31(29,30)26-16-14-25(15-17-26)21-10-6-19(7-11-21)18(3)27/h6-13H,4-5,14-17H2,1-3H3. The van der Waals surface area contributed by atoms with Gasteiger partial charge in [0.1, 0.15) is 0 Å². The lowest BCUT2D eigenvalue weighted by molar-refractivity contribution is 0.0772. The van der Waals surface area contributed by atoms with Crippen molar-refractivity contribution < 1.29 is 18.0 Å². The summed E-state index contributed by atoms with van der Waals surface area (Å²) < 4.78 is 27.6. The Bertz CT molecular complexity index is 1020. The number of carbonyl (C=O) groups excluding carboxylic acids is 2. The molecule has 31 heavy (non-hydrogen) atoms. The first-order valence-corrected chi connectivity index (χ1v) is 12.0. The monoisotopic (exact) mass is 443 g/mol. The third-order valence-electron chi connectivity index (χ3n) is 5.67. The number of Topliss-reactive ketones (excluding diaryl/α,β-unsaturated/α-hetero) is 1. The van der Waals surface area contributed by atoms with Crippen LogP contribution in [0.25, 0.3) is 0 Å². The summed E-state index contributed by atoms with van der Waals surface area (Å²) in [6.45, 7) is 8.45. The van der Waals surface area contributed by atoms with Gasteiger partial charge in [0.25, 0.3) is 5.91 Å². The zero-order valence-corrected chi connectivity index (χ0v) is 19.1. The van der Waals surface area contributed by atoms with Crippen LogP contribution in [0.1, 0.15) is 41.5 Å². The molecule has 1 amide bonds. The Morgan fingerprint density at radius 2 is 1.35 bits per heavy atom. The normalized spacial score (nSPS) is 15.0. The highest BCUT2D eigenvalue weighted by Gasteiger charge is 2.29. The molecule has 1 aliphatic heterocycles. The number of carbonyl (C=O) groups is 2. The Kier molecular flexibility index (Phi) is 7.12. The SMILES string of the molecule is CCN(CC)C(=O)c1ccc(S(=O)(=O)N2CCN(c3ccc(C(C)=O)cc3)CC2)cc1. The highest BCUT2D eigenvalue weighted by molar-refractivity contribution is 7.89. The summed E-state index contributed by atoms with van der Waals surface area (Å²) in [6, 6.07) is 13.6. The fourth-order valence-corrected chi connectivity index (χ4v) is 5.13. The molecule has 0 bridgehead atoms. The van der Waals surface area contributed by atoms with Crippen molar-refractivity contribution in [3.8, 4) is 0 Å². The largest absolute Gasteiger partial charge is 0.369 e. The average molecular weight is 444 g/mol. The summed E-state index contributed by atoms with van der Waals surface area (Å²) in [6.07, 6.45) is 0. The van der Waals surface area contributed by atoms with E-state index in [-0.39, 0.29) is 16.6 Å². The maximum atomic E-state index is 13.1. The summed E-state index contributed by atoms with van der Waals surface area (Å²) >= 11 is 0. The number of rotatable bonds is 7. The second-order valence-corrected chi connectivity index (χ2v) is 9.43. The van der Waals surface area contributed by atoms with Crippen molar-refractivity contribution in [2.75, 3.05) is 44.2 Å². The molecule has 2 aromatic rings. The van der Waals surface area contributed by atoms with Crippen LogP contribution < -0.4 is 4.90 Å². The van der Waals surface area contributed by atoms with Crippen molar-refractivity contribution >= 4 is 27.4 Å². The fourth-order valence-electron chi connectivity index (χ4n) is 3.71. The smallest absolute Gasteiger partial charge is 0.253 e. The molecule has 1 saturated heterocycles.